The van der Waals surface area contributed by atoms with Gasteiger partial charge in [0.1, 0.15) is 24.0 Å². The zero-order chi connectivity index (χ0) is 24.9. The quantitative estimate of drug-likeness (QED) is 0.242. The predicted molar refractivity (Wildman–Crippen MR) is 129 cm³/mol. The maximum Gasteiger partial charge on any atom is 0.416 e. The van der Waals surface area contributed by atoms with Crippen molar-refractivity contribution in [2.45, 2.75) is 12.8 Å². The van der Waals surface area contributed by atoms with Crippen LogP contribution in [0.15, 0.2) is 70.7 Å². The monoisotopic (exact) mass is 568 g/mol. The SMILES string of the molecule is N#CC(=Cc1ccc(OCc2ccc(Cl)cc2)c(Br)c1)C(=O)Nc1cc(C(F)(F)F)ccc1Cl. The Morgan fingerprint density at radius 3 is 2.41 bits per heavy atom. The number of ether oxygens (including phenoxy) is 1. The van der Waals surface area contributed by atoms with E-state index >= 15 is 0 Å². The van der Waals surface area contributed by atoms with Crippen molar-refractivity contribution < 1.29 is 22.7 Å². The molecule has 0 radical (unpaired) electrons. The van der Waals surface area contributed by atoms with Crippen molar-refractivity contribution >= 4 is 56.8 Å². The van der Waals surface area contributed by atoms with Crippen molar-refractivity contribution in [3.8, 4) is 11.8 Å². The van der Waals surface area contributed by atoms with Crippen LogP contribution in [0.4, 0.5) is 18.9 Å². The molecular formula is C24H14BrCl2F3N2O2. The number of benzene rings is 3. The predicted octanol–water partition coefficient (Wildman–Crippen LogP) is 7.90. The number of alkyl halides is 3. The molecule has 0 bridgehead atoms. The smallest absolute Gasteiger partial charge is 0.416 e. The first kappa shape index (κ1) is 25.6. The largest absolute Gasteiger partial charge is 0.488 e. The molecule has 1 N–H and O–H groups in total. The molecule has 0 aliphatic carbocycles. The van der Waals surface area contributed by atoms with Gasteiger partial charge in [-0.1, -0.05) is 41.4 Å². The Hall–Kier alpha value is -2.99. The average Bonchev–Trinajstić information content (AvgIpc) is 2.78. The lowest BCUT2D eigenvalue weighted by Gasteiger charge is -2.11. The molecule has 4 nitrogen and oxygen atoms in total. The Labute approximate surface area is 211 Å². The van der Waals surface area contributed by atoms with Gasteiger partial charge >= 0.3 is 6.18 Å². The van der Waals surface area contributed by atoms with E-state index in [1.165, 1.54) is 6.08 Å². The van der Waals surface area contributed by atoms with Gasteiger partial charge in [-0.2, -0.15) is 18.4 Å². The van der Waals surface area contributed by atoms with Gasteiger partial charge in [0.25, 0.3) is 5.91 Å². The number of rotatable bonds is 6. The van der Waals surface area contributed by atoms with Gasteiger partial charge < -0.3 is 10.1 Å². The fourth-order valence-electron chi connectivity index (χ4n) is 2.77. The molecule has 0 aromatic heterocycles. The van der Waals surface area contributed by atoms with Gasteiger partial charge in [-0.15, -0.1) is 0 Å². The van der Waals surface area contributed by atoms with E-state index in [4.69, 9.17) is 27.9 Å². The molecule has 3 aromatic rings. The summed E-state index contributed by atoms with van der Waals surface area (Å²) in [6.07, 6.45) is -3.31. The Balaban J connectivity index is 1.74. The summed E-state index contributed by atoms with van der Waals surface area (Å²) in [5.41, 5.74) is -0.151. The van der Waals surface area contributed by atoms with Gasteiger partial charge in [0.05, 0.1) is 20.7 Å². The van der Waals surface area contributed by atoms with Crippen molar-refractivity contribution in [1.29, 1.82) is 5.26 Å². The van der Waals surface area contributed by atoms with Gasteiger partial charge in [-0.25, -0.2) is 0 Å². The highest BCUT2D eigenvalue weighted by Crippen LogP contribution is 2.34. The van der Waals surface area contributed by atoms with Gasteiger partial charge in [-0.3, -0.25) is 4.79 Å². The summed E-state index contributed by atoms with van der Waals surface area (Å²) >= 11 is 15.2. The molecule has 0 saturated carbocycles. The maximum atomic E-state index is 12.9. The summed E-state index contributed by atoms with van der Waals surface area (Å²) in [6.45, 7) is 0.300. The number of nitrogens with one attached hydrogen (secondary N) is 1. The van der Waals surface area contributed by atoms with E-state index in [0.717, 1.165) is 17.7 Å². The summed E-state index contributed by atoms with van der Waals surface area (Å²) in [7, 11) is 0. The van der Waals surface area contributed by atoms with E-state index < -0.39 is 17.6 Å². The molecule has 34 heavy (non-hydrogen) atoms. The number of halogens is 6. The molecule has 3 rings (SSSR count). The van der Waals surface area contributed by atoms with Crippen LogP contribution in [-0.4, -0.2) is 5.91 Å². The molecule has 0 fully saturated rings. The van der Waals surface area contributed by atoms with Crippen LogP contribution in [0.5, 0.6) is 5.75 Å². The fraction of sp³-hybridized carbons (Fsp3) is 0.0833. The average molecular weight is 570 g/mol. The minimum Gasteiger partial charge on any atom is -0.488 e. The summed E-state index contributed by atoms with van der Waals surface area (Å²) in [5.74, 6) is -0.367. The second-order valence-corrected chi connectivity index (χ2v) is 8.62. The Kier molecular flexibility index (Phi) is 8.26. The van der Waals surface area contributed by atoms with Crippen molar-refractivity contribution in [2.75, 3.05) is 5.32 Å². The molecule has 0 spiro atoms. The maximum absolute atomic E-state index is 12.9. The minimum absolute atomic E-state index is 0.0939. The van der Waals surface area contributed by atoms with E-state index in [1.54, 1.807) is 36.4 Å². The van der Waals surface area contributed by atoms with E-state index in [0.29, 0.717) is 33.5 Å². The highest BCUT2D eigenvalue weighted by atomic mass is 79.9. The van der Waals surface area contributed by atoms with E-state index in [1.807, 2.05) is 12.1 Å². The number of nitriles is 1. The number of anilines is 1. The van der Waals surface area contributed by atoms with E-state index in [2.05, 4.69) is 21.2 Å². The van der Waals surface area contributed by atoms with Crippen molar-refractivity contribution in [3.63, 3.8) is 0 Å². The molecule has 174 valence electrons. The normalized spacial score (nSPS) is 11.6. The van der Waals surface area contributed by atoms with Crippen LogP contribution in [0.2, 0.25) is 10.0 Å². The molecule has 10 heteroatoms. The van der Waals surface area contributed by atoms with Gasteiger partial charge in [0.15, 0.2) is 0 Å². The van der Waals surface area contributed by atoms with E-state index in [-0.39, 0.29) is 16.3 Å². The lowest BCUT2D eigenvalue weighted by molar-refractivity contribution is -0.137. The molecule has 1 amide bonds. The Morgan fingerprint density at radius 1 is 1.09 bits per heavy atom. The molecule has 0 atom stereocenters. The van der Waals surface area contributed by atoms with Crippen LogP contribution >= 0.6 is 39.1 Å². The number of hydrogen-bond donors (Lipinski definition) is 1. The molecule has 0 aliphatic heterocycles. The fourth-order valence-corrected chi connectivity index (χ4v) is 3.57. The highest BCUT2D eigenvalue weighted by molar-refractivity contribution is 9.10. The second-order valence-electron chi connectivity index (χ2n) is 6.92. The first-order valence-corrected chi connectivity index (χ1v) is 11.1. The molecular weight excluding hydrogens is 556 g/mol. The third-order valence-electron chi connectivity index (χ3n) is 4.48. The van der Waals surface area contributed by atoms with Gasteiger partial charge in [0, 0.05) is 5.02 Å². The zero-order valence-corrected chi connectivity index (χ0v) is 20.2. The second kappa shape index (κ2) is 11.0. The highest BCUT2D eigenvalue weighted by Gasteiger charge is 2.31. The lowest BCUT2D eigenvalue weighted by atomic mass is 10.1. The number of nitrogens with zero attached hydrogens (tertiary/aromatic N) is 1. The van der Waals surface area contributed by atoms with Crippen molar-refractivity contribution in [1.82, 2.24) is 0 Å². The van der Waals surface area contributed by atoms with Crippen LogP contribution in [-0.2, 0) is 17.6 Å². The van der Waals surface area contributed by atoms with E-state index in [9.17, 15) is 23.2 Å². The third-order valence-corrected chi connectivity index (χ3v) is 5.68. The first-order chi connectivity index (χ1) is 16.1. The summed E-state index contributed by atoms with van der Waals surface area (Å²) in [6, 6.07) is 16.4. The van der Waals surface area contributed by atoms with Crippen LogP contribution in [0, 0.1) is 11.3 Å². The first-order valence-electron chi connectivity index (χ1n) is 9.53. The molecule has 0 unspecified atom stereocenters. The summed E-state index contributed by atoms with van der Waals surface area (Å²) in [5, 5.41) is 12.2. The van der Waals surface area contributed by atoms with Crippen LogP contribution in [0.25, 0.3) is 6.08 Å². The third kappa shape index (κ3) is 6.76. The molecule has 3 aromatic carbocycles. The Bertz CT molecular complexity index is 1290. The Morgan fingerprint density at radius 2 is 1.79 bits per heavy atom. The number of amides is 1. The standard InChI is InChI=1S/C24H14BrCl2F3N2O2/c25-19-10-15(3-8-22(19)34-13-14-1-5-18(26)6-2-14)9-16(12-31)23(33)32-21-11-17(24(28,29)30)4-7-20(21)27/h1-11H,13H2,(H,32,33). The number of carbonyl (C=O) groups is 1. The summed E-state index contributed by atoms with van der Waals surface area (Å²) < 4.78 is 45.2. The lowest BCUT2D eigenvalue weighted by Crippen LogP contribution is -2.15. The zero-order valence-electron chi connectivity index (χ0n) is 17.1. The van der Waals surface area contributed by atoms with Crippen LogP contribution < -0.4 is 10.1 Å². The molecule has 0 saturated heterocycles. The van der Waals surface area contributed by atoms with Gasteiger partial charge in [-0.05, 0) is 75.6 Å². The van der Waals surface area contributed by atoms with Crippen molar-refractivity contribution in [3.05, 3.63) is 97.4 Å². The van der Waals surface area contributed by atoms with Crippen LogP contribution in [0.1, 0.15) is 16.7 Å². The van der Waals surface area contributed by atoms with Crippen LogP contribution in [0.3, 0.4) is 0 Å². The van der Waals surface area contributed by atoms with Gasteiger partial charge in [0.2, 0.25) is 0 Å². The molecule has 0 aliphatic rings. The number of hydrogen-bond acceptors (Lipinski definition) is 3. The summed E-state index contributed by atoms with van der Waals surface area (Å²) in [4.78, 5) is 12.5. The van der Waals surface area contributed by atoms with Crippen molar-refractivity contribution in [2.24, 2.45) is 0 Å². The molecule has 0 heterocycles. The topological polar surface area (TPSA) is 62.1 Å². The number of carbonyl (C=O) groups excluding carboxylic acids is 1. The minimum atomic E-state index is -4.61.